The van der Waals surface area contributed by atoms with Gasteiger partial charge < -0.3 is 4.42 Å². The standard InChI is InChI=1S/C10H8N2O2/c1-7-2-4-8(5-3-7)10-12-11-9(6-13)14-10/h2-6H,1H3. The Morgan fingerprint density at radius 1 is 1.21 bits per heavy atom. The minimum absolute atomic E-state index is 0.000532. The number of rotatable bonds is 2. The van der Waals surface area contributed by atoms with Crippen LogP contribution in [0.15, 0.2) is 28.7 Å². The monoisotopic (exact) mass is 188 g/mol. The predicted octanol–water partition coefficient (Wildman–Crippen LogP) is 1.86. The highest BCUT2D eigenvalue weighted by Crippen LogP contribution is 2.17. The molecule has 0 atom stereocenters. The van der Waals surface area contributed by atoms with Crippen LogP contribution >= 0.6 is 0 Å². The molecule has 1 aromatic heterocycles. The number of aldehydes is 1. The van der Waals surface area contributed by atoms with Crippen molar-refractivity contribution < 1.29 is 9.21 Å². The quantitative estimate of drug-likeness (QED) is 0.675. The molecule has 4 nitrogen and oxygen atoms in total. The summed E-state index contributed by atoms with van der Waals surface area (Å²) in [7, 11) is 0. The van der Waals surface area contributed by atoms with Crippen molar-refractivity contribution in [2.24, 2.45) is 0 Å². The fraction of sp³-hybridized carbons (Fsp3) is 0.100. The average Bonchev–Trinajstić information content (AvgIpc) is 2.67. The molecule has 70 valence electrons. The molecule has 0 aliphatic rings. The zero-order valence-corrected chi connectivity index (χ0v) is 7.60. The van der Waals surface area contributed by atoms with E-state index in [9.17, 15) is 4.79 Å². The summed E-state index contributed by atoms with van der Waals surface area (Å²) >= 11 is 0. The summed E-state index contributed by atoms with van der Waals surface area (Å²) in [5.74, 6) is 0.368. The van der Waals surface area contributed by atoms with Crippen LogP contribution in [0.5, 0.6) is 0 Å². The van der Waals surface area contributed by atoms with Gasteiger partial charge in [0.1, 0.15) is 0 Å². The molecule has 0 N–H and O–H groups in total. The minimum atomic E-state index is 0.000532. The van der Waals surface area contributed by atoms with E-state index in [1.807, 2.05) is 31.2 Å². The highest BCUT2D eigenvalue weighted by Gasteiger charge is 2.06. The van der Waals surface area contributed by atoms with Gasteiger partial charge in [0.25, 0.3) is 5.89 Å². The number of nitrogens with zero attached hydrogens (tertiary/aromatic N) is 2. The molecule has 2 rings (SSSR count). The fourth-order valence-corrected chi connectivity index (χ4v) is 1.09. The van der Waals surface area contributed by atoms with E-state index in [4.69, 9.17) is 4.42 Å². The van der Waals surface area contributed by atoms with Crippen LogP contribution in [0, 0.1) is 6.92 Å². The topological polar surface area (TPSA) is 56.0 Å². The molecule has 0 spiro atoms. The second-order valence-corrected chi connectivity index (χ2v) is 2.93. The summed E-state index contributed by atoms with van der Waals surface area (Å²) in [4.78, 5) is 10.3. The molecule has 0 saturated carbocycles. The zero-order chi connectivity index (χ0) is 9.97. The molecular weight excluding hydrogens is 180 g/mol. The van der Waals surface area contributed by atoms with Gasteiger partial charge >= 0.3 is 0 Å². The van der Waals surface area contributed by atoms with Crippen molar-refractivity contribution in [3.05, 3.63) is 35.7 Å². The summed E-state index contributed by atoms with van der Waals surface area (Å²) in [6.45, 7) is 1.99. The van der Waals surface area contributed by atoms with Gasteiger partial charge in [-0.3, -0.25) is 4.79 Å². The van der Waals surface area contributed by atoms with Gasteiger partial charge in [0.2, 0.25) is 12.2 Å². The number of aromatic nitrogens is 2. The van der Waals surface area contributed by atoms with Crippen LogP contribution in [-0.2, 0) is 0 Å². The van der Waals surface area contributed by atoms with Gasteiger partial charge in [0.05, 0.1) is 0 Å². The maximum absolute atomic E-state index is 10.3. The lowest BCUT2D eigenvalue weighted by atomic mass is 10.1. The molecule has 0 fully saturated rings. The van der Waals surface area contributed by atoms with E-state index in [2.05, 4.69) is 10.2 Å². The highest BCUT2D eigenvalue weighted by atomic mass is 16.4. The third-order valence-corrected chi connectivity index (χ3v) is 1.84. The van der Waals surface area contributed by atoms with Crippen LogP contribution < -0.4 is 0 Å². The zero-order valence-electron chi connectivity index (χ0n) is 7.60. The molecule has 0 amide bonds. The summed E-state index contributed by atoms with van der Waals surface area (Å²) in [5.41, 5.74) is 1.97. The summed E-state index contributed by atoms with van der Waals surface area (Å²) in [6, 6.07) is 7.63. The second-order valence-electron chi connectivity index (χ2n) is 2.93. The third kappa shape index (κ3) is 1.54. The maximum atomic E-state index is 10.3. The van der Waals surface area contributed by atoms with Gasteiger partial charge in [-0.25, -0.2) is 0 Å². The van der Waals surface area contributed by atoms with Crippen molar-refractivity contribution in [1.29, 1.82) is 0 Å². The molecule has 0 saturated heterocycles. The average molecular weight is 188 g/mol. The minimum Gasteiger partial charge on any atom is -0.414 e. The highest BCUT2D eigenvalue weighted by molar-refractivity contribution is 5.68. The molecule has 0 unspecified atom stereocenters. The van der Waals surface area contributed by atoms with Gasteiger partial charge in [-0.1, -0.05) is 17.7 Å². The van der Waals surface area contributed by atoms with Crippen LogP contribution in [-0.4, -0.2) is 16.5 Å². The predicted molar refractivity (Wildman–Crippen MR) is 49.9 cm³/mol. The van der Waals surface area contributed by atoms with Crippen LogP contribution in [0.25, 0.3) is 11.5 Å². The number of hydrogen-bond acceptors (Lipinski definition) is 4. The van der Waals surface area contributed by atoms with Crippen LogP contribution in [0.4, 0.5) is 0 Å². The Hall–Kier alpha value is -1.97. The first-order chi connectivity index (χ1) is 6.79. The lowest BCUT2D eigenvalue weighted by molar-refractivity contribution is 0.109. The first kappa shape index (κ1) is 8.62. The van der Waals surface area contributed by atoms with E-state index in [0.717, 1.165) is 11.1 Å². The Morgan fingerprint density at radius 3 is 2.50 bits per heavy atom. The molecule has 0 aliphatic heterocycles. The van der Waals surface area contributed by atoms with Gasteiger partial charge in [-0.05, 0) is 19.1 Å². The SMILES string of the molecule is Cc1ccc(-c2nnc(C=O)o2)cc1. The molecule has 1 aromatic carbocycles. The van der Waals surface area contributed by atoms with E-state index in [1.165, 1.54) is 0 Å². The summed E-state index contributed by atoms with van der Waals surface area (Å²) in [5, 5.41) is 7.29. The van der Waals surface area contributed by atoms with E-state index >= 15 is 0 Å². The number of benzene rings is 1. The lowest BCUT2D eigenvalue weighted by Crippen LogP contribution is -1.78. The largest absolute Gasteiger partial charge is 0.414 e. The molecule has 4 heteroatoms. The van der Waals surface area contributed by atoms with Crippen molar-refractivity contribution in [3.8, 4) is 11.5 Å². The van der Waals surface area contributed by atoms with Gasteiger partial charge in [-0.15, -0.1) is 10.2 Å². The third-order valence-electron chi connectivity index (χ3n) is 1.84. The van der Waals surface area contributed by atoms with Gasteiger partial charge in [0.15, 0.2) is 0 Å². The Balaban J connectivity index is 2.39. The summed E-state index contributed by atoms with van der Waals surface area (Å²) < 4.78 is 5.07. The smallest absolute Gasteiger partial charge is 0.280 e. The Kier molecular flexibility index (Phi) is 2.10. The summed E-state index contributed by atoms with van der Waals surface area (Å²) in [6.07, 6.45) is 0.532. The van der Waals surface area contributed by atoms with Gasteiger partial charge in [-0.2, -0.15) is 0 Å². The second kappa shape index (κ2) is 3.41. The van der Waals surface area contributed by atoms with Crippen molar-refractivity contribution in [2.75, 3.05) is 0 Å². The molecule has 0 radical (unpaired) electrons. The van der Waals surface area contributed by atoms with E-state index in [0.29, 0.717) is 12.2 Å². The van der Waals surface area contributed by atoms with Crippen molar-refractivity contribution >= 4 is 6.29 Å². The molecule has 2 aromatic rings. The Morgan fingerprint density at radius 2 is 1.93 bits per heavy atom. The number of aryl methyl sites for hydroxylation is 1. The van der Waals surface area contributed by atoms with Crippen molar-refractivity contribution in [1.82, 2.24) is 10.2 Å². The first-order valence-electron chi connectivity index (χ1n) is 4.15. The Bertz CT molecular complexity index is 445. The fourth-order valence-electron chi connectivity index (χ4n) is 1.09. The lowest BCUT2D eigenvalue weighted by Gasteiger charge is -1.94. The number of carbonyl (C=O) groups is 1. The van der Waals surface area contributed by atoms with Crippen molar-refractivity contribution in [3.63, 3.8) is 0 Å². The molecule has 14 heavy (non-hydrogen) atoms. The molecular formula is C10H8N2O2. The van der Waals surface area contributed by atoms with Crippen LogP contribution in [0.3, 0.4) is 0 Å². The van der Waals surface area contributed by atoms with E-state index in [1.54, 1.807) is 0 Å². The molecule has 0 bridgehead atoms. The van der Waals surface area contributed by atoms with Crippen LogP contribution in [0.2, 0.25) is 0 Å². The van der Waals surface area contributed by atoms with Crippen LogP contribution in [0.1, 0.15) is 16.2 Å². The van der Waals surface area contributed by atoms with E-state index < -0.39 is 0 Å². The molecule has 0 aliphatic carbocycles. The first-order valence-corrected chi connectivity index (χ1v) is 4.15. The molecule has 1 heterocycles. The normalized spacial score (nSPS) is 10.1. The Labute approximate surface area is 80.6 Å². The van der Waals surface area contributed by atoms with E-state index in [-0.39, 0.29) is 5.89 Å². The number of hydrogen-bond donors (Lipinski definition) is 0. The maximum Gasteiger partial charge on any atom is 0.280 e. The van der Waals surface area contributed by atoms with Crippen molar-refractivity contribution in [2.45, 2.75) is 6.92 Å². The van der Waals surface area contributed by atoms with Gasteiger partial charge in [0, 0.05) is 5.56 Å². The number of carbonyl (C=O) groups excluding carboxylic acids is 1.